The van der Waals surface area contributed by atoms with Crippen molar-refractivity contribution in [3.8, 4) is 0 Å². The van der Waals surface area contributed by atoms with Gasteiger partial charge in [0, 0.05) is 0 Å². The van der Waals surface area contributed by atoms with Crippen LogP contribution in [0.4, 0.5) is 0 Å². The van der Waals surface area contributed by atoms with Gasteiger partial charge in [-0.05, 0) is 0 Å². The Labute approximate surface area is 135 Å². The lowest BCUT2D eigenvalue weighted by molar-refractivity contribution is -0.212. The van der Waals surface area contributed by atoms with Crippen LogP contribution in [-0.2, 0) is 18.9 Å². The van der Waals surface area contributed by atoms with Gasteiger partial charge in [0.25, 0.3) is 0 Å². The molecule has 10 heteroatoms. The van der Waals surface area contributed by atoms with Crippen LogP contribution >= 0.6 is 69.6 Å². The van der Waals surface area contributed by atoms with Crippen molar-refractivity contribution in [3.63, 3.8) is 0 Å². The van der Waals surface area contributed by atoms with E-state index in [1.807, 2.05) is 0 Å². The van der Waals surface area contributed by atoms with E-state index in [4.69, 9.17) is 88.6 Å². The Hall–Kier alpha value is 1.58. The average molecular weight is 383 g/mol. The van der Waals surface area contributed by atoms with Crippen molar-refractivity contribution in [3.05, 3.63) is 0 Å². The van der Waals surface area contributed by atoms with Crippen LogP contribution in [0.1, 0.15) is 0 Å². The predicted octanol–water partition coefficient (Wildman–Crippen LogP) is 3.46. The van der Waals surface area contributed by atoms with Crippen LogP contribution in [0.5, 0.6) is 0 Å². The molecule has 18 heavy (non-hydrogen) atoms. The minimum Gasteiger partial charge on any atom is -0.346 e. The topological polar surface area (TPSA) is 36.9 Å². The van der Waals surface area contributed by atoms with E-state index in [2.05, 4.69) is 0 Å². The van der Waals surface area contributed by atoms with Crippen LogP contribution in [0, 0.1) is 0 Å². The van der Waals surface area contributed by atoms with E-state index in [0.29, 0.717) is 0 Å². The van der Waals surface area contributed by atoms with Crippen LogP contribution in [0.2, 0.25) is 0 Å². The monoisotopic (exact) mass is 380 g/mol. The standard InChI is InChI=1S/C8H10Cl6O4/c9-7(10,11)5-15-1-2-16-6(8(12,13)14)18-4-3-17-5/h5-6H,1-4H2. The third-order valence-electron chi connectivity index (χ3n) is 1.78. The Morgan fingerprint density at radius 2 is 0.778 bits per heavy atom. The summed E-state index contributed by atoms with van der Waals surface area (Å²) < 4.78 is 17.5. The molecule has 1 fully saturated rings. The van der Waals surface area contributed by atoms with Crippen molar-refractivity contribution in [2.45, 2.75) is 20.2 Å². The molecule has 1 heterocycles. The van der Waals surface area contributed by atoms with Crippen molar-refractivity contribution >= 4 is 69.6 Å². The third-order valence-corrected chi connectivity index (χ3v) is 2.85. The molecule has 0 aromatic heterocycles. The van der Waals surface area contributed by atoms with Crippen molar-refractivity contribution in [1.82, 2.24) is 0 Å². The first-order valence-corrected chi connectivity index (χ1v) is 7.08. The number of alkyl halides is 6. The summed E-state index contributed by atoms with van der Waals surface area (Å²) in [5.41, 5.74) is 0. The van der Waals surface area contributed by atoms with E-state index in [0.717, 1.165) is 0 Å². The summed E-state index contributed by atoms with van der Waals surface area (Å²) in [5, 5.41) is 0. The lowest BCUT2D eigenvalue weighted by Crippen LogP contribution is -2.39. The number of rotatable bonds is 0. The maximum atomic E-state index is 5.67. The molecule has 0 N–H and O–H groups in total. The fourth-order valence-electron chi connectivity index (χ4n) is 1.09. The normalized spacial score (nSPS) is 29.0. The van der Waals surface area contributed by atoms with Gasteiger partial charge >= 0.3 is 0 Å². The number of hydrogen-bond donors (Lipinski definition) is 0. The molecule has 0 amide bonds. The highest BCUT2D eigenvalue weighted by Crippen LogP contribution is 2.35. The second kappa shape index (κ2) is 7.55. The van der Waals surface area contributed by atoms with Gasteiger partial charge < -0.3 is 18.9 Å². The van der Waals surface area contributed by atoms with E-state index < -0.39 is 20.2 Å². The zero-order valence-electron chi connectivity index (χ0n) is 8.88. The van der Waals surface area contributed by atoms with Gasteiger partial charge in [0.2, 0.25) is 20.2 Å². The van der Waals surface area contributed by atoms with Gasteiger partial charge in [-0.25, -0.2) is 0 Å². The zero-order chi connectivity index (χ0) is 13.8. The lowest BCUT2D eigenvalue weighted by Gasteiger charge is -2.29. The smallest absolute Gasteiger partial charge is 0.240 e. The SMILES string of the molecule is ClC(Cl)(Cl)C1OCCOC(C(Cl)(Cl)Cl)OCCO1. The average Bonchev–Trinajstić information content (AvgIpc) is 2.22. The van der Waals surface area contributed by atoms with Crippen LogP contribution in [0.25, 0.3) is 0 Å². The Morgan fingerprint density at radius 1 is 0.556 bits per heavy atom. The second-order valence-electron chi connectivity index (χ2n) is 3.23. The summed E-state index contributed by atoms with van der Waals surface area (Å²) in [4.78, 5) is 0. The van der Waals surface area contributed by atoms with Gasteiger partial charge in [-0.2, -0.15) is 0 Å². The lowest BCUT2D eigenvalue weighted by atomic mass is 10.6. The molecule has 0 radical (unpaired) electrons. The molecule has 0 aliphatic carbocycles. The number of halogens is 6. The van der Waals surface area contributed by atoms with Gasteiger partial charge in [-0.1, -0.05) is 69.6 Å². The Morgan fingerprint density at radius 3 is 0.944 bits per heavy atom. The predicted molar refractivity (Wildman–Crippen MR) is 72.0 cm³/mol. The van der Waals surface area contributed by atoms with Crippen LogP contribution < -0.4 is 0 Å². The van der Waals surface area contributed by atoms with Crippen LogP contribution in [0.3, 0.4) is 0 Å². The van der Waals surface area contributed by atoms with Gasteiger partial charge in [0.05, 0.1) is 26.4 Å². The molecule has 0 bridgehead atoms. The molecular weight excluding hydrogens is 373 g/mol. The molecular formula is C8H10Cl6O4. The summed E-state index contributed by atoms with van der Waals surface area (Å²) in [5.74, 6) is 0. The molecule has 1 aliphatic rings. The minimum absolute atomic E-state index is 0.0964. The molecule has 1 aliphatic heterocycles. The Balaban J connectivity index is 2.51. The van der Waals surface area contributed by atoms with E-state index in [9.17, 15) is 0 Å². The quantitative estimate of drug-likeness (QED) is 0.601. The molecule has 0 spiro atoms. The number of hydrogen-bond acceptors (Lipinski definition) is 4. The van der Waals surface area contributed by atoms with Crippen LogP contribution in [0.15, 0.2) is 0 Å². The van der Waals surface area contributed by atoms with Gasteiger partial charge in [-0.3, -0.25) is 0 Å². The Kier molecular flexibility index (Phi) is 7.39. The van der Waals surface area contributed by atoms with Gasteiger partial charge in [0.1, 0.15) is 0 Å². The van der Waals surface area contributed by atoms with Gasteiger partial charge in [0.15, 0.2) is 0 Å². The number of ether oxygens (including phenoxy) is 4. The maximum absolute atomic E-state index is 5.67. The summed E-state index contributed by atoms with van der Waals surface area (Å²) in [6.07, 6.45) is -2.03. The van der Waals surface area contributed by atoms with Crippen LogP contribution in [-0.4, -0.2) is 46.6 Å². The van der Waals surface area contributed by atoms with Crippen molar-refractivity contribution in [2.24, 2.45) is 0 Å². The minimum atomic E-state index is -1.70. The maximum Gasteiger partial charge on any atom is 0.240 e. The van der Waals surface area contributed by atoms with Crippen molar-refractivity contribution < 1.29 is 18.9 Å². The molecule has 108 valence electrons. The summed E-state index contributed by atoms with van der Waals surface area (Å²) in [6, 6.07) is 0. The van der Waals surface area contributed by atoms with Gasteiger partial charge in [-0.15, -0.1) is 0 Å². The molecule has 1 saturated heterocycles. The second-order valence-corrected chi connectivity index (χ2v) is 7.97. The first-order chi connectivity index (χ1) is 8.21. The molecule has 0 aromatic carbocycles. The van der Waals surface area contributed by atoms with E-state index in [1.54, 1.807) is 0 Å². The summed E-state index contributed by atoms with van der Waals surface area (Å²) in [7, 11) is 0. The van der Waals surface area contributed by atoms with Crippen molar-refractivity contribution in [2.75, 3.05) is 26.4 Å². The van der Waals surface area contributed by atoms with E-state index in [1.165, 1.54) is 0 Å². The molecule has 1 rings (SSSR count). The van der Waals surface area contributed by atoms with E-state index >= 15 is 0 Å². The molecule has 0 aromatic rings. The largest absolute Gasteiger partial charge is 0.346 e. The third kappa shape index (κ3) is 6.35. The highest BCUT2D eigenvalue weighted by atomic mass is 35.6. The van der Waals surface area contributed by atoms with Crippen molar-refractivity contribution in [1.29, 1.82) is 0 Å². The fraction of sp³-hybridized carbons (Fsp3) is 1.00. The molecule has 0 unspecified atom stereocenters. The Bertz CT molecular complexity index is 215. The summed E-state index contributed by atoms with van der Waals surface area (Å²) >= 11 is 34.0. The molecule has 0 saturated carbocycles. The fourth-order valence-corrected chi connectivity index (χ4v) is 1.85. The first kappa shape index (κ1) is 17.6. The van der Waals surface area contributed by atoms with E-state index in [-0.39, 0.29) is 26.4 Å². The highest BCUT2D eigenvalue weighted by molar-refractivity contribution is 6.68. The first-order valence-electron chi connectivity index (χ1n) is 4.81. The summed E-state index contributed by atoms with van der Waals surface area (Å²) in [6.45, 7) is 0.386. The zero-order valence-corrected chi connectivity index (χ0v) is 13.4. The molecule has 0 atom stereocenters. The highest BCUT2D eigenvalue weighted by Gasteiger charge is 2.37. The molecule has 4 nitrogen and oxygen atoms in total.